The lowest BCUT2D eigenvalue weighted by Crippen LogP contribution is -2.41. The molecule has 0 radical (unpaired) electrons. The lowest BCUT2D eigenvalue weighted by atomic mass is 9.77. The Balaban J connectivity index is 1.49. The molecule has 7 rings (SSSR count). The van der Waals surface area contributed by atoms with E-state index in [1.807, 2.05) is 0 Å². The highest BCUT2D eigenvalue weighted by Crippen LogP contribution is 2.52. The second kappa shape index (κ2) is 9.08. The van der Waals surface area contributed by atoms with Crippen LogP contribution < -0.4 is 9.80 Å². The van der Waals surface area contributed by atoms with Gasteiger partial charge in [0.1, 0.15) is 0 Å². The topological polar surface area (TPSA) is 6.48 Å². The molecule has 2 nitrogen and oxygen atoms in total. The first-order chi connectivity index (χ1) is 18.7. The quantitative estimate of drug-likeness (QED) is 0.414. The fourth-order valence-electron chi connectivity index (χ4n) is 6.25. The van der Waals surface area contributed by atoms with E-state index < -0.39 is 0 Å². The molecule has 2 aromatic rings. The smallest absolute Gasteiger partial charge is 0.0628 e. The highest BCUT2D eigenvalue weighted by Gasteiger charge is 2.38. The molecule has 5 aliphatic rings. The first-order valence-electron chi connectivity index (χ1n) is 13.4. The molecule has 38 heavy (non-hydrogen) atoms. The summed E-state index contributed by atoms with van der Waals surface area (Å²) in [5.41, 5.74) is 11.8. The monoisotopic (exact) mass is 490 g/mol. The van der Waals surface area contributed by atoms with Gasteiger partial charge in [0.2, 0.25) is 0 Å². The zero-order valence-electron chi connectivity index (χ0n) is 21.4. The number of fused-ring (bicyclic) bond motifs is 3. The molecule has 2 heterocycles. The van der Waals surface area contributed by atoms with Crippen molar-refractivity contribution in [3.63, 3.8) is 0 Å². The lowest BCUT2D eigenvalue weighted by molar-refractivity contribution is 0.662. The van der Waals surface area contributed by atoms with Gasteiger partial charge in [-0.1, -0.05) is 98.2 Å². The number of hydrogen-bond acceptors (Lipinski definition) is 2. The molecule has 0 amide bonds. The zero-order valence-corrected chi connectivity index (χ0v) is 21.4. The Kier molecular flexibility index (Phi) is 5.40. The number of benzene rings is 2. The largest absolute Gasteiger partial charge is 0.333 e. The van der Waals surface area contributed by atoms with Crippen LogP contribution in [-0.4, -0.2) is 6.04 Å². The van der Waals surface area contributed by atoms with Crippen molar-refractivity contribution in [2.24, 2.45) is 5.92 Å². The van der Waals surface area contributed by atoms with Gasteiger partial charge in [-0.2, -0.15) is 0 Å². The number of hydrogen-bond donors (Lipinski definition) is 0. The molecular formula is C36H30N2. The van der Waals surface area contributed by atoms with Gasteiger partial charge in [0.05, 0.1) is 23.1 Å². The Hall–Kier alpha value is -4.56. The predicted molar refractivity (Wildman–Crippen MR) is 162 cm³/mol. The van der Waals surface area contributed by atoms with Gasteiger partial charge in [-0.15, -0.1) is 0 Å². The van der Waals surface area contributed by atoms with E-state index in [1.165, 1.54) is 45.2 Å². The lowest BCUT2D eigenvalue weighted by Gasteiger charge is -2.45. The van der Waals surface area contributed by atoms with Gasteiger partial charge in [0.25, 0.3) is 0 Å². The first-order valence-corrected chi connectivity index (χ1v) is 13.4. The fraction of sp³-hybridized carbons (Fsp3) is 0.111. The van der Waals surface area contributed by atoms with Crippen LogP contribution in [0.5, 0.6) is 0 Å². The molecule has 0 aromatic heterocycles. The van der Waals surface area contributed by atoms with Crippen molar-refractivity contribution in [1.29, 1.82) is 0 Å². The highest BCUT2D eigenvalue weighted by atomic mass is 15.2. The number of nitrogens with zero attached hydrogens (tertiary/aromatic N) is 2. The van der Waals surface area contributed by atoms with Gasteiger partial charge < -0.3 is 9.80 Å². The molecule has 0 bridgehead atoms. The van der Waals surface area contributed by atoms with Crippen LogP contribution in [0.3, 0.4) is 0 Å². The summed E-state index contributed by atoms with van der Waals surface area (Å²) in [6.07, 6.45) is 30.5. The third kappa shape index (κ3) is 3.48. The summed E-state index contributed by atoms with van der Waals surface area (Å²) >= 11 is 0. The summed E-state index contributed by atoms with van der Waals surface area (Å²) in [6.45, 7) is 9.30. The van der Waals surface area contributed by atoms with Crippen LogP contribution in [0.15, 0.2) is 152 Å². The van der Waals surface area contributed by atoms with E-state index in [4.69, 9.17) is 0 Å². The maximum Gasteiger partial charge on any atom is 0.0628 e. The highest BCUT2D eigenvalue weighted by molar-refractivity contribution is 5.99. The third-order valence-corrected chi connectivity index (χ3v) is 8.06. The van der Waals surface area contributed by atoms with Crippen molar-refractivity contribution in [2.45, 2.75) is 18.9 Å². The summed E-state index contributed by atoms with van der Waals surface area (Å²) in [5, 5.41) is 0. The van der Waals surface area contributed by atoms with Crippen LogP contribution in [0.4, 0.5) is 17.1 Å². The average molecular weight is 491 g/mol. The summed E-state index contributed by atoms with van der Waals surface area (Å²) in [6, 6.07) is 15.6. The van der Waals surface area contributed by atoms with E-state index in [2.05, 4.69) is 144 Å². The van der Waals surface area contributed by atoms with Crippen molar-refractivity contribution >= 4 is 28.2 Å². The molecule has 0 N–H and O–H groups in total. The minimum Gasteiger partial charge on any atom is -0.333 e. The van der Waals surface area contributed by atoms with Gasteiger partial charge in [0, 0.05) is 40.4 Å². The summed E-state index contributed by atoms with van der Waals surface area (Å²) in [5.74, 6) is 0.212. The van der Waals surface area contributed by atoms with Crippen LogP contribution >= 0.6 is 0 Å². The van der Waals surface area contributed by atoms with Crippen LogP contribution in [0, 0.1) is 5.92 Å². The van der Waals surface area contributed by atoms with Gasteiger partial charge in [-0.25, -0.2) is 0 Å². The summed E-state index contributed by atoms with van der Waals surface area (Å²) in [7, 11) is 0. The van der Waals surface area contributed by atoms with E-state index in [1.54, 1.807) is 0 Å². The Morgan fingerprint density at radius 1 is 0.763 bits per heavy atom. The van der Waals surface area contributed by atoms with E-state index in [0.29, 0.717) is 0 Å². The molecule has 2 unspecified atom stereocenters. The SMILES string of the molecule is C=C1C2=C(C=CCC=C2)N(C2=CC=CC=CC2)c2cc3c(cc21)N(c1ccccc1)C1C=CC=CC1C3=C. The number of anilines is 3. The van der Waals surface area contributed by atoms with Crippen molar-refractivity contribution in [2.75, 3.05) is 9.80 Å². The van der Waals surface area contributed by atoms with Crippen LogP contribution in [0.2, 0.25) is 0 Å². The second-order valence-electron chi connectivity index (χ2n) is 10.2. The molecule has 2 heteroatoms. The fourth-order valence-corrected chi connectivity index (χ4v) is 6.25. The molecule has 3 aliphatic carbocycles. The van der Waals surface area contributed by atoms with E-state index in [-0.39, 0.29) is 12.0 Å². The number of rotatable bonds is 2. The maximum absolute atomic E-state index is 4.66. The van der Waals surface area contributed by atoms with Gasteiger partial charge in [-0.3, -0.25) is 0 Å². The zero-order chi connectivity index (χ0) is 25.6. The van der Waals surface area contributed by atoms with Crippen LogP contribution in [-0.2, 0) is 0 Å². The van der Waals surface area contributed by atoms with Gasteiger partial charge >= 0.3 is 0 Å². The van der Waals surface area contributed by atoms with Crippen molar-refractivity contribution in [1.82, 2.24) is 0 Å². The Morgan fingerprint density at radius 3 is 2.47 bits per heavy atom. The van der Waals surface area contributed by atoms with Gasteiger partial charge in [-0.05, 0) is 54.0 Å². The molecule has 0 fully saturated rings. The van der Waals surface area contributed by atoms with Crippen molar-refractivity contribution < 1.29 is 0 Å². The molecule has 0 saturated heterocycles. The van der Waals surface area contributed by atoms with E-state index in [9.17, 15) is 0 Å². The standard InChI is InChI=1S/C36H30N2/c1-25-29-19-11-6-12-21-33(29)37(27-15-7-3-4-8-16-27)35-24-32-26(2)30-20-13-14-22-34(30)38(36(32)23-31(25)35)28-17-9-5-10-18-28/h3-5,7-15,17-24,30,34H,1-2,6,16H2. The number of para-hydroxylation sites is 1. The molecular weight excluding hydrogens is 460 g/mol. The minimum absolute atomic E-state index is 0.184. The molecule has 2 aromatic carbocycles. The van der Waals surface area contributed by atoms with Crippen LogP contribution in [0.1, 0.15) is 24.0 Å². The van der Waals surface area contributed by atoms with E-state index >= 15 is 0 Å². The average Bonchev–Trinajstić information content (AvgIpc) is 3.38. The van der Waals surface area contributed by atoms with Crippen molar-refractivity contribution in [3.8, 4) is 0 Å². The second-order valence-corrected chi connectivity index (χ2v) is 10.2. The number of allylic oxidation sites excluding steroid dienone is 13. The van der Waals surface area contributed by atoms with E-state index in [0.717, 1.165) is 24.0 Å². The van der Waals surface area contributed by atoms with Gasteiger partial charge in [0.15, 0.2) is 0 Å². The minimum atomic E-state index is 0.184. The Bertz CT molecular complexity index is 1600. The first kappa shape index (κ1) is 22.6. The predicted octanol–water partition coefficient (Wildman–Crippen LogP) is 8.97. The Morgan fingerprint density at radius 2 is 1.58 bits per heavy atom. The summed E-state index contributed by atoms with van der Waals surface area (Å²) in [4.78, 5) is 4.92. The third-order valence-electron chi connectivity index (χ3n) is 8.06. The molecule has 184 valence electrons. The molecule has 0 saturated carbocycles. The van der Waals surface area contributed by atoms with Crippen LogP contribution in [0.25, 0.3) is 11.1 Å². The molecule has 0 spiro atoms. The normalized spacial score (nSPS) is 23.0. The Labute approximate surface area is 225 Å². The maximum atomic E-state index is 4.66. The molecule has 2 atom stereocenters. The van der Waals surface area contributed by atoms with Crippen molar-refractivity contribution in [3.05, 3.63) is 163 Å². The molecule has 2 aliphatic heterocycles. The summed E-state index contributed by atoms with van der Waals surface area (Å²) < 4.78 is 0.